The fraction of sp³-hybridized carbons (Fsp3) is 0.161. The van der Waals surface area contributed by atoms with Crippen molar-refractivity contribution in [2.45, 2.75) is 20.3 Å². The summed E-state index contributed by atoms with van der Waals surface area (Å²) in [5, 5.41) is 7.02. The van der Waals surface area contributed by atoms with Gasteiger partial charge in [-0.1, -0.05) is 30.8 Å². The topological polar surface area (TPSA) is 94.0 Å². The first kappa shape index (κ1) is 25.2. The van der Waals surface area contributed by atoms with Crippen molar-refractivity contribution in [3.05, 3.63) is 90.2 Å². The van der Waals surface area contributed by atoms with Gasteiger partial charge in [-0.05, 0) is 55.7 Å². The lowest BCUT2D eigenvalue weighted by molar-refractivity contribution is -0.112. The van der Waals surface area contributed by atoms with Gasteiger partial charge in [-0.25, -0.2) is 19.3 Å². The quantitative estimate of drug-likeness (QED) is 0.253. The van der Waals surface area contributed by atoms with Crippen molar-refractivity contribution in [1.82, 2.24) is 19.5 Å². The number of aromatic nitrogens is 4. The Balaban J connectivity index is 1.52. The second-order valence-electron chi connectivity index (χ2n) is 9.82. The Kier molecular flexibility index (Phi) is 6.26. The summed E-state index contributed by atoms with van der Waals surface area (Å²) in [6.45, 7) is 7.70. The lowest BCUT2D eigenvalue weighted by Crippen LogP contribution is -2.12. The Hall–Kier alpha value is -5.05. The van der Waals surface area contributed by atoms with Crippen molar-refractivity contribution in [2.24, 2.45) is 7.05 Å². The molecule has 8 nitrogen and oxygen atoms in total. The molecular weight excluding hydrogens is 507 g/mol. The van der Waals surface area contributed by atoms with E-state index in [-0.39, 0.29) is 11.7 Å². The van der Waals surface area contributed by atoms with Crippen LogP contribution in [0, 0.1) is 12.7 Å². The van der Waals surface area contributed by atoms with Crippen LogP contribution in [0.2, 0.25) is 0 Å². The average molecular weight is 535 g/mol. The SMILES string of the molecule is C=C(C)C(=O)Nc1ccc(-c2c3c4c(ncnc4n2C)NCCc2c-3ccc(Oc3cccc(C)n3)c2F)cc1. The Morgan fingerprint density at radius 3 is 2.67 bits per heavy atom. The monoisotopic (exact) mass is 534 g/mol. The second-order valence-corrected chi connectivity index (χ2v) is 9.82. The van der Waals surface area contributed by atoms with Gasteiger partial charge in [-0.15, -0.1) is 0 Å². The molecule has 40 heavy (non-hydrogen) atoms. The number of benzene rings is 2. The molecule has 0 aliphatic carbocycles. The van der Waals surface area contributed by atoms with Crippen LogP contribution in [0.25, 0.3) is 33.4 Å². The molecule has 1 amide bonds. The standard InChI is InChI=1S/C31H27FN6O2/c1-17(2)31(39)37-20-10-8-19(9-11-20)28-25-21-12-13-23(40-24-7-5-6-18(3)36-24)27(32)22(21)14-15-33-29-26(25)30(38(28)4)35-16-34-29/h5-13,16H,1,14-15H2,2-4H3,(H,37,39)(H,33,34,35). The van der Waals surface area contributed by atoms with E-state index in [4.69, 9.17) is 4.74 Å². The average Bonchev–Trinajstić information content (AvgIpc) is 3.22. The maximum absolute atomic E-state index is 16.1. The highest BCUT2D eigenvalue weighted by molar-refractivity contribution is 6.09. The largest absolute Gasteiger partial charge is 0.436 e. The Morgan fingerprint density at radius 2 is 1.93 bits per heavy atom. The number of carbonyl (C=O) groups is 1. The molecule has 4 heterocycles. The van der Waals surface area contributed by atoms with Crippen LogP contribution in [0.4, 0.5) is 15.9 Å². The number of pyridine rings is 1. The molecule has 3 aromatic heterocycles. The van der Waals surface area contributed by atoms with Crippen LogP contribution in [0.3, 0.4) is 0 Å². The Labute approximate surface area is 230 Å². The number of amides is 1. The van der Waals surface area contributed by atoms with E-state index in [2.05, 4.69) is 32.2 Å². The molecule has 2 aromatic carbocycles. The number of rotatable bonds is 5. The van der Waals surface area contributed by atoms with E-state index in [0.29, 0.717) is 41.5 Å². The predicted octanol–water partition coefficient (Wildman–Crippen LogP) is 6.42. The second kappa shape index (κ2) is 9.92. The van der Waals surface area contributed by atoms with Crippen LogP contribution < -0.4 is 15.4 Å². The normalized spacial score (nSPS) is 12.2. The molecule has 5 aromatic rings. The number of anilines is 2. The van der Waals surface area contributed by atoms with Crippen LogP contribution in [0.1, 0.15) is 18.2 Å². The summed E-state index contributed by atoms with van der Waals surface area (Å²) in [6, 6.07) is 16.5. The highest BCUT2D eigenvalue weighted by atomic mass is 19.1. The summed E-state index contributed by atoms with van der Waals surface area (Å²) in [6.07, 6.45) is 1.95. The molecule has 0 spiro atoms. The lowest BCUT2D eigenvalue weighted by atomic mass is 9.91. The number of halogens is 1. The van der Waals surface area contributed by atoms with Gasteiger partial charge in [0.1, 0.15) is 17.8 Å². The predicted molar refractivity (Wildman–Crippen MR) is 154 cm³/mol. The first-order chi connectivity index (χ1) is 19.3. The minimum Gasteiger partial charge on any atom is -0.436 e. The van der Waals surface area contributed by atoms with Crippen molar-refractivity contribution < 1.29 is 13.9 Å². The summed E-state index contributed by atoms with van der Waals surface area (Å²) in [5.74, 6) is 0.484. The van der Waals surface area contributed by atoms with Gasteiger partial charge in [0.25, 0.3) is 5.91 Å². The van der Waals surface area contributed by atoms with Crippen LogP contribution in [0.15, 0.2) is 73.1 Å². The maximum atomic E-state index is 16.1. The molecule has 1 aliphatic rings. The summed E-state index contributed by atoms with van der Waals surface area (Å²) in [7, 11) is 1.93. The first-order valence-corrected chi connectivity index (χ1v) is 12.9. The molecule has 1 aliphatic heterocycles. The maximum Gasteiger partial charge on any atom is 0.250 e. The zero-order chi connectivity index (χ0) is 28.0. The molecule has 200 valence electrons. The van der Waals surface area contributed by atoms with E-state index in [9.17, 15) is 4.79 Å². The van der Waals surface area contributed by atoms with E-state index < -0.39 is 5.82 Å². The van der Waals surface area contributed by atoms with Gasteiger partial charge in [-0.2, -0.15) is 0 Å². The first-order valence-electron chi connectivity index (χ1n) is 12.9. The molecule has 0 bridgehead atoms. The smallest absolute Gasteiger partial charge is 0.250 e. The van der Waals surface area contributed by atoms with Crippen LogP contribution in [-0.2, 0) is 18.3 Å². The Morgan fingerprint density at radius 1 is 1.12 bits per heavy atom. The summed E-state index contributed by atoms with van der Waals surface area (Å²) < 4.78 is 24.0. The van der Waals surface area contributed by atoms with Gasteiger partial charge in [-0.3, -0.25) is 4.79 Å². The van der Waals surface area contributed by atoms with E-state index in [1.54, 1.807) is 19.1 Å². The lowest BCUT2D eigenvalue weighted by Gasteiger charge is -2.19. The zero-order valence-corrected chi connectivity index (χ0v) is 22.4. The van der Waals surface area contributed by atoms with Crippen LogP contribution >= 0.6 is 0 Å². The van der Waals surface area contributed by atoms with Gasteiger partial charge >= 0.3 is 0 Å². The molecular formula is C31H27FN6O2. The fourth-order valence-corrected chi connectivity index (χ4v) is 5.09. The molecule has 6 rings (SSSR count). The number of carbonyl (C=O) groups excluding carboxylic acids is 1. The van der Waals surface area contributed by atoms with Gasteiger partial charge in [0.2, 0.25) is 5.88 Å². The number of nitrogens with zero attached hydrogens (tertiary/aromatic N) is 4. The zero-order valence-electron chi connectivity index (χ0n) is 22.4. The van der Waals surface area contributed by atoms with Gasteiger partial charge < -0.3 is 19.9 Å². The minimum absolute atomic E-state index is 0.119. The van der Waals surface area contributed by atoms with Crippen molar-refractivity contribution in [1.29, 1.82) is 0 Å². The third-order valence-corrected chi connectivity index (χ3v) is 6.99. The van der Waals surface area contributed by atoms with E-state index in [1.807, 2.05) is 61.0 Å². The Bertz CT molecular complexity index is 1810. The highest BCUT2D eigenvalue weighted by Crippen LogP contribution is 2.46. The molecule has 0 fully saturated rings. The summed E-state index contributed by atoms with van der Waals surface area (Å²) >= 11 is 0. The van der Waals surface area contributed by atoms with Crippen LogP contribution in [-0.4, -0.2) is 32.0 Å². The number of fused-ring (bicyclic) bond motifs is 2. The van der Waals surface area contributed by atoms with E-state index >= 15 is 4.39 Å². The molecule has 0 atom stereocenters. The minimum atomic E-state index is -0.427. The third-order valence-electron chi connectivity index (χ3n) is 6.99. The fourth-order valence-electron chi connectivity index (χ4n) is 5.09. The number of hydrogen-bond donors (Lipinski definition) is 2. The van der Waals surface area contributed by atoms with Crippen LogP contribution in [0.5, 0.6) is 11.6 Å². The number of ether oxygens (including phenoxy) is 1. The molecule has 0 radical (unpaired) electrons. The van der Waals surface area contributed by atoms with Gasteiger partial charge in [0, 0.05) is 47.7 Å². The molecule has 9 heteroatoms. The summed E-state index contributed by atoms with van der Waals surface area (Å²) in [4.78, 5) is 25.5. The van der Waals surface area contributed by atoms with Gasteiger partial charge in [0.15, 0.2) is 11.6 Å². The van der Waals surface area contributed by atoms with E-state index in [1.165, 1.54) is 6.33 Å². The summed E-state index contributed by atoms with van der Waals surface area (Å²) in [5.41, 5.74) is 6.43. The number of aryl methyl sites for hydroxylation is 2. The van der Waals surface area contributed by atoms with Crippen molar-refractivity contribution in [3.8, 4) is 34.0 Å². The highest BCUT2D eigenvalue weighted by Gasteiger charge is 2.28. The van der Waals surface area contributed by atoms with Crippen molar-refractivity contribution in [2.75, 3.05) is 17.2 Å². The molecule has 0 saturated heterocycles. The number of nitrogens with one attached hydrogen (secondary N) is 2. The van der Waals surface area contributed by atoms with Gasteiger partial charge in [0.05, 0.1) is 11.1 Å². The number of hydrogen-bond acceptors (Lipinski definition) is 6. The molecule has 2 N–H and O–H groups in total. The van der Waals surface area contributed by atoms with E-state index in [0.717, 1.165) is 39.1 Å². The molecule has 0 unspecified atom stereocenters. The van der Waals surface area contributed by atoms with Crippen molar-refractivity contribution >= 4 is 28.4 Å². The molecule has 0 saturated carbocycles. The third kappa shape index (κ3) is 4.35. The van der Waals surface area contributed by atoms with Crippen molar-refractivity contribution in [3.63, 3.8) is 0 Å².